The van der Waals surface area contributed by atoms with E-state index in [2.05, 4.69) is 13.2 Å². The molecule has 0 fully saturated rings. The summed E-state index contributed by atoms with van der Waals surface area (Å²) in [6, 6.07) is 0. The van der Waals surface area contributed by atoms with E-state index < -0.39 is 0 Å². The molecular formula is C8H12S2. The van der Waals surface area contributed by atoms with Crippen molar-refractivity contribution in [2.75, 3.05) is 12.5 Å². The van der Waals surface area contributed by atoms with Crippen molar-refractivity contribution in [3.05, 3.63) is 35.1 Å². The lowest BCUT2D eigenvalue weighted by atomic mass is 10.5. The van der Waals surface area contributed by atoms with Gasteiger partial charge in [0.05, 0.1) is 0 Å². The number of hydrogen-bond donors (Lipinski definition) is 0. The third-order valence-corrected chi connectivity index (χ3v) is 2.84. The second-order valence-corrected chi connectivity index (χ2v) is 3.24. The molecule has 0 saturated heterocycles. The zero-order valence-corrected chi connectivity index (χ0v) is 8.02. The minimum absolute atomic E-state index is 1.20. The summed E-state index contributed by atoms with van der Waals surface area (Å²) in [5.74, 6) is 0. The van der Waals surface area contributed by atoms with E-state index in [9.17, 15) is 0 Å². The number of thioether (sulfide) groups is 2. The van der Waals surface area contributed by atoms with Gasteiger partial charge in [-0.25, -0.2) is 0 Å². The standard InChI is InChI=1S/C8H12S2/c1-5-7(9-3)8(6-2)10-4/h5-6H,1-2H2,3-4H3/b8-7+. The van der Waals surface area contributed by atoms with Crippen LogP contribution in [0.4, 0.5) is 0 Å². The van der Waals surface area contributed by atoms with E-state index in [4.69, 9.17) is 0 Å². The topological polar surface area (TPSA) is 0 Å². The molecule has 0 N–H and O–H groups in total. The van der Waals surface area contributed by atoms with Crippen molar-refractivity contribution in [3.63, 3.8) is 0 Å². The zero-order valence-electron chi connectivity index (χ0n) is 6.39. The smallest absolute Gasteiger partial charge is 0.0199 e. The summed E-state index contributed by atoms with van der Waals surface area (Å²) in [5, 5.41) is 0. The predicted molar refractivity (Wildman–Crippen MR) is 54.5 cm³/mol. The van der Waals surface area contributed by atoms with Gasteiger partial charge in [0, 0.05) is 9.81 Å². The van der Waals surface area contributed by atoms with Gasteiger partial charge in [0.15, 0.2) is 0 Å². The molecule has 56 valence electrons. The number of rotatable bonds is 4. The molecule has 0 unspecified atom stereocenters. The Morgan fingerprint density at radius 3 is 1.40 bits per heavy atom. The maximum Gasteiger partial charge on any atom is 0.0199 e. The second-order valence-electron chi connectivity index (χ2n) is 1.54. The minimum atomic E-state index is 1.20. The van der Waals surface area contributed by atoms with E-state index in [0.717, 1.165) is 0 Å². The molecule has 0 spiro atoms. The van der Waals surface area contributed by atoms with Crippen molar-refractivity contribution >= 4 is 23.5 Å². The fourth-order valence-corrected chi connectivity index (χ4v) is 1.97. The lowest BCUT2D eigenvalue weighted by molar-refractivity contribution is 1.85. The van der Waals surface area contributed by atoms with E-state index in [1.165, 1.54) is 9.81 Å². The van der Waals surface area contributed by atoms with E-state index in [1.807, 2.05) is 24.7 Å². The summed E-state index contributed by atoms with van der Waals surface area (Å²) >= 11 is 3.39. The maximum absolute atomic E-state index is 3.71. The van der Waals surface area contributed by atoms with Crippen molar-refractivity contribution in [1.82, 2.24) is 0 Å². The molecule has 0 aliphatic rings. The average molecular weight is 172 g/mol. The Bertz CT molecular complexity index is 139. The van der Waals surface area contributed by atoms with E-state index >= 15 is 0 Å². The third kappa shape index (κ3) is 2.67. The highest BCUT2D eigenvalue weighted by Gasteiger charge is 1.95. The zero-order chi connectivity index (χ0) is 7.98. The van der Waals surface area contributed by atoms with Gasteiger partial charge >= 0.3 is 0 Å². The van der Waals surface area contributed by atoms with Crippen LogP contribution in [0.1, 0.15) is 0 Å². The Hall–Kier alpha value is -0.0800. The van der Waals surface area contributed by atoms with Gasteiger partial charge in [-0.1, -0.05) is 25.3 Å². The van der Waals surface area contributed by atoms with Crippen LogP contribution < -0.4 is 0 Å². The van der Waals surface area contributed by atoms with Gasteiger partial charge in [-0.3, -0.25) is 0 Å². The fraction of sp³-hybridized carbons (Fsp3) is 0.250. The van der Waals surface area contributed by atoms with Gasteiger partial charge in [0.2, 0.25) is 0 Å². The first-order valence-electron chi connectivity index (χ1n) is 2.87. The quantitative estimate of drug-likeness (QED) is 0.597. The van der Waals surface area contributed by atoms with Crippen LogP contribution in [-0.2, 0) is 0 Å². The molecule has 0 aromatic carbocycles. The normalized spacial score (nSPS) is 12.2. The second kappa shape index (κ2) is 5.69. The van der Waals surface area contributed by atoms with Crippen LogP contribution in [0.25, 0.3) is 0 Å². The first kappa shape index (κ1) is 9.92. The SMILES string of the molecule is C=C/C(SC)=C(/C=C)SC. The van der Waals surface area contributed by atoms with Crippen molar-refractivity contribution < 1.29 is 0 Å². The van der Waals surface area contributed by atoms with Gasteiger partial charge in [-0.05, 0) is 12.5 Å². The van der Waals surface area contributed by atoms with Crippen LogP contribution >= 0.6 is 23.5 Å². The van der Waals surface area contributed by atoms with Crippen LogP contribution in [0.3, 0.4) is 0 Å². The molecule has 0 aliphatic heterocycles. The Labute approximate surface area is 71.5 Å². The molecule has 0 saturated carbocycles. The monoisotopic (exact) mass is 172 g/mol. The molecule has 0 bridgehead atoms. The van der Waals surface area contributed by atoms with Crippen LogP contribution in [-0.4, -0.2) is 12.5 Å². The summed E-state index contributed by atoms with van der Waals surface area (Å²) in [4.78, 5) is 2.39. The molecule has 0 aliphatic carbocycles. The highest BCUT2D eigenvalue weighted by atomic mass is 32.2. The Morgan fingerprint density at radius 1 is 1.00 bits per heavy atom. The molecule has 0 rings (SSSR count). The van der Waals surface area contributed by atoms with Crippen molar-refractivity contribution in [2.45, 2.75) is 0 Å². The van der Waals surface area contributed by atoms with E-state index in [0.29, 0.717) is 0 Å². The third-order valence-electron chi connectivity index (χ3n) is 1.05. The molecule has 0 aromatic heterocycles. The van der Waals surface area contributed by atoms with Gasteiger partial charge < -0.3 is 0 Å². The first-order valence-corrected chi connectivity index (χ1v) is 5.32. The maximum atomic E-state index is 3.71. The van der Waals surface area contributed by atoms with E-state index in [-0.39, 0.29) is 0 Å². The van der Waals surface area contributed by atoms with Crippen LogP contribution in [0.15, 0.2) is 35.1 Å². The number of allylic oxidation sites excluding steroid dienone is 2. The lowest BCUT2D eigenvalue weighted by Gasteiger charge is -2.00. The molecule has 0 heterocycles. The molecule has 0 atom stereocenters. The van der Waals surface area contributed by atoms with Crippen LogP contribution in [0.2, 0.25) is 0 Å². The molecule has 0 amide bonds. The summed E-state index contributed by atoms with van der Waals surface area (Å²) in [5.41, 5.74) is 0. The summed E-state index contributed by atoms with van der Waals surface area (Å²) in [6.45, 7) is 7.42. The average Bonchev–Trinajstić information content (AvgIpc) is 2.00. The molecule has 2 heteroatoms. The predicted octanol–water partition coefficient (Wildman–Crippen LogP) is 3.30. The van der Waals surface area contributed by atoms with Crippen LogP contribution in [0.5, 0.6) is 0 Å². The molecule has 0 aromatic rings. The Morgan fingerprint density at radius 2 is 1.30 bits per heavy atom. The van der Waals surface area contributed by atoms with Crippen LogP contribution in [0, 0.1) is 0 Å². The summed E-state index contributed by atoms with van der Waals surface area (Å²) in [7, 11) is 0. The lowest BCUT2D eigenvalue weighted by Crippen LogP contribution is -1.74. The van der Waals surface area contributed by atoms with Gasteiger partial charge in [0.25, 0.3) is 0 Å². The van der Waals surface area contributed by atoms with E-state index in [1.54, 1.807) is 23.5 Å². The highest BCUT2D eigenvalue weighted by molar-refractivity contribution is 8.06. The fourth-order valence-electron chi connectivity index (χ4n) is 0.569. The van der Waals surface area contributed by atoms with Crippen molar-refractivity contribution in [1.29, 1.82) is 0 Å². The van der Waals surface area contributed by atoms with Crippen molar-refractivity contribution in [2.24, 2.45) is 0 Å². The number of hydrogen-bond acceptors (Lipinski definition) is 2. The van der Waals surface area contributed by atoms with Gasteiger partial charge in [0.1, 0.15) is 0 Å². The highest BCUT2D eigenvalue weighted by Crippen LogP contribution is 2.25. The van der Waals surface area contributed by atoms with Gasteiger partial charge in [-0.2, -0.15) is 0 Å². The molecule has 0 nitrogen and oxygen atoms in total. The summed E-state index contributed by atoms with van der Waals surface area (Å²) < 4.78 is 0. The summed E-state index contributed by atoms with van der Waals surface area (Å²) in [6.07, 6.45) is 7.80. The molecular weight excluding hydrogens is 160 g/mol. The van der Waals surface area contributed by atoms with Crippen molar-refractivity contribution in [3.8, 4) is 0 Å². The largest absolute Gasteiger partial charge is 0.128 e. The molecule has 10 heavy (non-hydrogen) atoms. The molecule has 0 radical (unpaired) electrons. The first-order chi connectivity index (χ1) is 4.79. The Balaban J connectivity index is 4.50. The van der Waals surface area contributed by atoms with Gasteiger partial charge in [-0.15, -0.1) is 23.5 Å². The minimum Gasteiger partial charge on any atom is -0.128 e. The Kier molecular flexibility index (Phi) is 5.64.